The number of rotatable bonds is 5. The topological polar surface area (TPSA) is 87.1 Å². The molecule has 1 aliphatic heterocycles. The zero-order valence-corrected chi connectivity index (χ0v) is 15.3. The third-order valence-corrected chi connectivity index (χ3v) is 4.65. The maximum atomic E-state index is 12.7. The number of hydrogen-bond donors (Lipinski definition) is 2. The van der Waals surface area contributed by atoms with Gasteiger partial charge < -0.3 is 19.8 Å². The Morgan fingerprint density at radius 2 is 1.74 bits per heavy atom. The Bertz CT molecular complexity index is 890. The number of halogens is 1. The van der Waals surface area contributed by atoms with E-state index in [1.807, 2.05) is 0 Å². The number of methoxy groups -OCH3 is 1. The fourth-order valence-electron chi connectivity index (χ4n) is 3.07. The van der Waals surface area contributed by atoms with E-state index < -0.39 is 17.7 Å². The summed E-state index contributed by atoms with van der Waals surface area (Å²) in [6.07, 6.45) is 0. The first-order valence-corrected chi connectivity index (χ1v) is 8.64. The van der Waals surface area contributed by atoms with Crippen molar-refractivity contribution in [3.63, 3.8) is 0 Å². The number of phenols is 1. The van der Waals surface area contributed by atoms with E-state index in [0.717, 1.165) is 0 Å². The molecule has 27 heavy (non-hydrogen) atoms. The first-order chi connectivity index (χ1) is 12.9. The maximum absolute atomic E-state index is 12.7. The number of aliphatic hydroxyl groups excluding tert-OH is 1. The number of aliphatic hydroxyl groups is 1. The van der Waals surface area contributed by atoms with Crippen molar-refractivity contribution < 1.29 is 24.5 Å². The molecule has 6 nitrogen and oxygen atoms in total. The lowest BCUT2D eigenvalue weighted by atomic mass is 9.95. The van der Waals surface area contributed by atoms with Crippen LogP contribution in [0.3, 0.4) is 0 Å². The van der Waals surface area contributed by atoms with Crippen molar-refractivity contribution in [1.82, 2.24) is 4.90 Å². The third-order valence-electron chi connectivity index (χ3n) is 4.40. The van der Waals surface area contributed by atoms with E-state index in [4.69, 9.17) is 16.3 Å². The minimum absolute atomic E-state index is 0.0101. The minimum Gasteiger partial charge on any atom is -0.508 e. The van der Waals surface area contributed by atoms with E-state index in [-0.39, 0.29) is 30.2 Å². The quantitative estimate of drug-likeness (QED) is 0.467. The maximum Gasteiger partial charge on any atom is 0.295 e. The smallest absolute Gasteiger partial charge is 0.295 e. The molecule has 1 unspecified atom stereocenters. The van der Waals surface area contributed by atoms with E-state index >= 15 is 0 Å². The zero-order valence-electron chi connectivity index (χ0n) is 14.6. The summed E-state index contributed by atoms with van der Waals surface area (Å²) in [7, 11) is 1.50. The fourth-order valence-corrected chi connectivity index (χ4v) is 3.19. The first kappa shape index (κ1) is 18.9. The van der Waals surface area contributed by atoms with Gasteiger partial charge in [0.1, 0.15) is 11.5 Å². The van der Waals surface area contributed by atoms with Crippen molar-refractivity contribution in [2.24, 2.45) is 0 Å². The van der Waals surface area contributed by atoms with E-state index in [0.29, 0.717) is 16.1 Å². The second-order valence-corrected chi connectivity index (χ2v) is 6.52. The minimum atomic E-state index is -0.781. The summed E-state index contributed by atoms with van der Waals surface area (Å²) in [5.41, 5.74) is 0.968. The molecule has 0 radical (unpaired) electrons. The number of carbonyl (C=O) groups excluding carboxylic acids is 2. The Morgan fingerprint density at radius 1 is 1.11 bits per heavy atom. The Labute approximate surface area is 161 Å². The molecule has 1 aliphatic rings. The van der Waals surface area contributed by atoms with Crippen LogP contribution in [0.4, 0.5) is 0 Å². The van der Waals surface area contributed by atoms with E-state index in [2.05, 4.69) is 0 Å². The molecule has 1 saturated heterocycles. The van der Waals surface area contributed by atoms with E-state index in [1.165, 1.54) is 24.1 Å². The number of aromatic hydroxyl groups is 1. The van der Waals surface area contributed by atoms with Crippen LogP contribution < -0.4 is 0 Å². The lowest BCUT2D eigenvalue weighted by Crippen LogP contribution is -2.32. The second-order valence-electron chi connectivity index (χ2n) is 6.08. The van der Waals surface area contributed by atoms with Crippen molar-refractivity contribution in [2.45, 2.75) is 6.04 Å². The van der Waals surface area contributed by atoms with E-state index in [9.17, 15) is 19.8 Å². The SMILES string of the molecule is COCCN1C(=O)C(=O)/C(=C(/O)c2ccc(Cl)cc2)C1c1ccc(O)cc1. The summed E-state index contributed by atoms with van der Waals surface area (Å²) in [5, 5.41) is 20.8. The average molecular weight is 388 g/mol. The van der Waals surface area contributed by atoms with Gasteiger partial charge in [-0.3, -0.25) is 9.59 Å². The lowest BCUT2D eigenvalue weighted by molar-refractivity contribution is -0.140. The van der Waals surface area contributed by atoms with Crippen LogP contribution in [-0.2, 0) is 14.3 Å². The molecular weight excluding hydrogens is 370 g/mol. The normalized spacial score (nSPS) is 18.9. The van der Waals surface area contributed by atoms with Gasteiger partial charge in [-0.05, 0) is 42.0 Å². The van der Waals surface area contributed by atoms with Gasteiger partial charge in [0.15, 0.2) is 0 Å². The number of carbonyl (C=O) groups is 2. The number of nitrogens with zero attached hydrogens (tertiary/aromatic N) is 1. The van der Waals surface area contributed by atoms with Crippen molar-refractivity contribution in [2.75, 3.05) is 20.3 Å². The molecule has 2 aromatic carbocycles. The van der Waals surface area contributed by atoms with Crippen LogP contribution in [-0.4, -0.2) is 47.1 Å². The van der Waals surface area contributed by atoms with Crippen molar-refractivity contribution >= 4 is 29.1 Å². The predicted molar refractivity (Wildman–Crippen MR) is 100 cm³/mol. The number of hydrogen-bond acceptors (Lipinski definition) is 5. The molecule has 1 fully saturated rings. The average Bonchev–Trinajstić information content (AvgIpc) is 2.91. The third kappa shape index (κ3) is 3.67. The lowest BCUT2D eigenvalue weighted by Gasteiger charge is -2.25. The van der Waals surface area contributed by atoms with Gasteiger partial charge in [-0.1, -0.05) is 23.7 Å². The molecule has 1 atom stereocenters. The zero-order chi connectivity index (χ0) is 19.6. The van der Waals surface area contributed by atoms with Gasteiger partial charge in [0, 0.05) is 24.2 Å². The molecule has 0 bridgehead atoms. The van der Waals surface area contributed by atoms with Crippen LogP contribution in [0.25, 0.3) is 5.76 Å². The Balaban J connectivity index is 2.14. The van der Waals surface area contributed by atoms with Gasteiger partial charge in [-0.2, -0.15) is 0 Å². The molecular formula is C20H18ClNO5. The molecule has 1 amide bonds. The highest BCUT2D eigenvalue weighted by molar-refractivity contribution is 6.46. The number of Topliss-reactive ketones (excluding diaryl/α,β-unsaturated/α-hetero) is 1. The summed E-state index contributed by atoms with van der Waals surface area (Å²) >= 11 is 5.88. The van der Waals surface area contributed by atoms with Crippen molar-refractivity contribution in [1.29, 1.82) is 0 Å². The molecule has 7 heteroatoms. The van der Waals surface area contributed by atoms with Crippen LogP contribution in [0, 0.1) is 0 Å². The Morgan fingerprint density at radius 3 is 2.33 bits per heavy atom. The molecule has 140 valence electrons. The number of phenolic OH excluding ortho intramolecular Hbond substituents is 1. The number of ether oxygens (including phenoxy) is 1. The molecule has 1 heterocycles. The molecule has 2 N–H and O–H groups in total. The number of benzene rings is 2. The summed E-state index contributed by atoms with van der Waals surface area (Å²) in [4.78, 5) is 26.6. The van der Waals surface area contributed by atoms with E-state index in [1.54, 1.807) is 36.4 Å². The summed E-state index contributed by atoms with van der Waals surface area (Å²) < 4.78 is 5.05. The summed E-state index contributed by atoms with van der Waals surface area (Å²) in [5.74, 6) is -1.69. The van der Waals surface area contributed by atoms with Crippen LogP contribution in [0.15, 0.2) is 54.1 Å². The highest BCUT2D eigenvalue weighted by atomic mass is 35.5. The van der Waals surface area contributed by atoms with Crippen LogP contribution in [0.1, 0.15) is 17.2 Å². The van der Waals surface area contributed by atoms with Gasteiger partial charge in [-0.15, -0.1) is 0 Å². The van der Waals surface area contributed by atoms with Crippen LogP contribution in [0.2, 0.25) is 5.02 Å². The highest BCUT2D eigenvalue weighted by Gasteiger charge is 2.45. The van der Waals surface area contributed by atoms with Gasteiger partial charge in [0.05, 0.1) is 18.2 Å². The number of ketones is 1. The number of amides is 1. The van der Waals surface area contributed by atoms with Gasteiger partial charge in [0.2, 0.25) is 0 Å². The molecule has 0 spiro atoms. The summed E-state index contributed by atoms with van der Waals surface area (Å²) in [6.45, 7) is 0.423. The van der Waals surface area contributed by atoms with Gasteiger partial charge >= 0.3 is 0 Å². The fraction of sp³-hybridized carbons (Fsp3) is 0.200. The van der Waals surface area contributed by atoms with Crippen LogP contribution >= 0.6 is 11.6 Å². The molecule has 0 aliphatic carbocycles. The van der Waals surface area contributed by atoms with Crippen LogP contribution in [0.5, 0.6) is 5.75 Å². The molecule has 0 saturated carbocycles. The number of likely N-dealkylation sites (tertiary alicyclic amines) is 1. The Hall–Kier alpha value is -2.83. The largest absolute Gasteiger partial charge is 0.508 e. The predicted octanol–water partition coefficient (Wildman–Crippen LogP) is 3.11. The van der Waals surface area contributed by atoms with Gasteiger partial charge in [-0.25, -0.2) is 0 Å². The van der Waals surface area contributed by atoms with Gasteiger partial charge in [0.25, 0.3) is 11.7 Å². The summed E-state index contributed by atoms with van der Waals surface area (Å²) in [6, 6.07) is 11.7. The van der Waals surface area contributed by atoms with Crippen molar-refractivity contribution in [3.05, 3.63) is 70.3 Å². The Kier molecular flexibility index (Phi) is 5.48. The standard InChI is InChI=1S/C20H18ClNO5/c1-27-11-10-22-17(12-4-8-15(23)9-5-12)16(19(25)20(22)26)18(24)13-2-6-14(21)7-3-13/h2-9,17,23-24H,10-11H2,1H3/b18-16+. The second kappa shape index (κ2) is 7.82. The molecule has 3 rings (SSSR count). The first-order valence-electron chi connectivity index (χ1n) is 8.26. The molecule has 0 aromatic heterocycles. The molecule has 2 aromatic rings. The van der Waals surface area contributed by atoms with Crippen molar-refractivity contribution in [3.8, 4) is 5.75 Å². The monoisotopic (exact) mass is 387 g/mol. The highest BCUT2D eigenvalue weighted by Crippen LogP contribution is 2.39.